The second kappa shape index (κ2) is 15.9. The van der Waals surface area contributed by atoms with Crippen molar-refractivity contribution < 1.29 is 50.9 Å². The number of allylic oxidation sites excluding steroid dienone is 1. The minimum Gasteiger partial charge on any atom is -0.497 e. The van der Waals surface area contributed by atoms with Gasteiger partial charge in [0.1, 0.15) is 46.5 Å². The first-order valence-electron chi connectivity index (χ1n) is 19.4. The summed E-state index contributed by atoms with van der Waals surface area (Å²) in [7, 11) is -1.38. The van der Waals surface area contributed by atoms with Crippen molar-refractivity contribution in [2.24, 2.45) is 17.8 Å². The summed E-state index contributed by atoms with van der Waals surface area (Å²) in [5.41, 5.74) is -2.52. The first-order valence-corrected chi connectivity index (χ1v) is 20.9. The van der Waals surface area contributed by atoms with E-state index in [1.807, 2.05) is 19.9 Å². The van der Waals surface area contributed by atoms with Crippen LogP contribution in [0.2, 0.25) is 0 Å². The number of alkyl carbamates (subject to hydrolysis) is 1. The number of fused-ring (bicyclic) bond motifs is 3. The summed E-state index contributed by atoms with van der Waals surface area (Å²) in [5.74, 6) is -2.04. The molecule has 0 bridgehead atoms. The second-order valence-electron chi connectivity index (χ2n) is 17.0. The molecule has 2 saturated carbocycles. The molecule has 7 atom stereocenters. The van der Waals surface area contributed by atoms with E-state index in [0.29, 0.717) is 29.4 Å². The van der Waals surface area contributed by atoms with Crippen LogP contribution in [0.15, 0.2) is 36.4 Å². The fourth-order valence-corrected chi connectivity index (χ4v) is 9.27. The van der Waals surface area contributed by atoms with E-state index in [0.717, 1.165) is 6.42 Å². The average Bonchev–Trinajstić information content (AvgIpc) is 4.05. The van der Waals surface area contributed by atoms with Crippen molar-refractivity contribution in [1.29, 1.82) is 0 Å². The standard InChI is InChI=1S/C40H54FN5O10S/c1-23-10-8-9-11-26-20-40(26,36(49)45-57(51,52)39(22-41)14-15-39)44-33(47)30-19-28(55-34-29-13-12-27(53-6)17-25(29)18-31(42-34)54-7)21-46(30)35(48)32(24(2)16-23)43-37(50)56-38(3,4)5/h9,11-13,17-18,23-24,26,28,30,32H,8,10,14-16,19-22H2,1-7H3,(H,43,50)(H,44,47)(H,45,49). The van der Waals surface area contributed by atoms with Crippen LogP contribution in [0, 0.1) is 17.8 Å². The Hall–Kier alpha value is -4.67. The maximum Gasteiger partial charge on any atom is 0.408 e. The molecule has 1 aromatic carbocycles. The Morgan fingerprint density at radius 1 is 1.09 bits per heavy atom. The van der Waals surface area contributed by atoms with Gasteiger partial charge in [-0.2, -0.15) is 4.98 Å². The van der Waals surface area contributed by atoms with E-state index < -0.39 is 86.4 Å². The summed E-state index contributed by atoms with van der Waals surface area (Å²) >= 11 is 0. The van der Waals surface area contributed by atoms with Gasteiger partial charge in [-0.05, 0) is 94.7 Å². The molecule has 3 N–H and O–H groups in total. The first-order chi connectivity index (χ1) is 26.8. The van der Waals surface area contributed by atoms with E-state index in [9.17, 15) is 32.0 Å². The highest BCUT2D eigenvalue weighted by atomic mass is 32.2. The highest BCUT2D eigenvalue weighted by molar-refractivity contribution is 7.91. The molecule has 312 valence electrons. The van der Waals surface area contributed by atoms with Gasteiger partial charge < -0.3 is 34.5 Å². The molecule has 17 heteroatoms. The van der Waals surface area contributed by atoms with Gasteiger partial charge in [-0.25, -0.2) is 17.6 Å². The quantitative estimate of drug-likeness (QED) is 0.306. The molecule has 15 nitrogen and oxygen atoms in total. The van der Waals surface area contributed by atoms with Crippen molar-refractivity contribution in [2.45, 2.75) is 114 Å². The number of carbonyl (C=O) groups excluding carboxylic acids is 4. The zero-order valence-corrected chi connectivity index (χ0v) is 34.4. The highest BCUT2D eigenvalue weighted by Gasteiger charge is 2.64. The lowest BCUT2D eigenvalue weighted by atomic mass is 9.88. The highest BCUT2D eigenvalue weighted by Crippen LogP contribution is 2.48. The summed E-state index contributed by atoms with van der Waals surface area (Å²) in [5, 5.41) is 6.93. The van der Waals surface area contributed by atoms with Gasteiger partial charge in [-0.1, -0.05) is 26.0 Å². The number of methoxy groups -OCH3 is 2. The maximum absolute atomic E-state index is 14.8. The number of amides is 4. The van der Waals surface area contributed by atoms with Crippen LogP contribution in [0.1, 0.15) is 79.6 Å². The molecule has 7 unspecified atom stereocenters. The van der Waals surface area contributed by atoms with Crippen molar-refractivity contribution in [3.63, 3.8) is 0 Å². The van der Waals surface area contributed by atoms with Crippen LogP contribution >= 0.6 is 0 Å². The van der Waals surface area contributed by atoms with Gasteiger partial charge in [0.15, 0.2) is 0 Å². The number of nitrogens with zero attached hydrogens (tertiary/aromatic N) is 2. The number of halogens is 1. The molecule has 1 aromatic heterocycles. The Morgan fingerprint density at radius 2 is 1.82 bits per heavy atom. The van der Waals surface area contributed by atoms with Gasteiger partial charge in [0, 0.05) is 23.8 Å². The third kappa shape index (κ3) is 8.92. The molecule has 0 spiro atoms. The number of rotatable bonds is 9. The number of carbonyl (C=O) groups is 4. The minimum absolute atomic E-state index is 0.0421. The smallest absolute Gasteiger partial charge is 0.408 e. The number of ether oxygens (including phenoxy) is 4. The SMILES string of the molecule is COc1ccc2c(OC3CC4C(=O)NC5(C(=O)NS(=O)(=O)C6(CF)CC6)CC5C=CCCC(C)CC(C)C(NC(=O)OC(C)(C)C)C(=O)N4C3)nc(OC)cc2c1. The van der Waals surface area contributed by atoms with E-state index in [1.165, 1.54) is 12.0 Å². The van der Waals surface area contributed by atoms with Crippen LogP contribution in [-0.2, 0) is 29.1 Å². The molecule has 57 heavy (non-hydrogen) atoms. The van der Waals surface area contributed by atoms with Crippen molar-refractivity contribution in [3.8, 4) is 17.5 Å². The number of hydrogen-bond donors (Lipinski definition) is 3. The molecule has 0 radical (unpaired) electrons. The monoisotopic (exact) mass is 815 g/mol. The van der Waals surface area contributed by atoms with Crippen LogP contribution in [0.25, 0.3) is 10.8 Å². The lowest BCUT2D eigenvalue weighted by Gasteiger charge is -2.33. The fraction of sp³-hybridized carbons (Fsp3) is 0.625. The molecular weight excluding hydrogens is 762 g/mol. The van der Waals surface area contributed by atoms with Crippen molar-refractivity contribution in [3.05, 3.63) is 36.4 Å². The minimum atomic E-state index is -4.40. The lowest BCUT2D eigenvalue weighted by Crippen LogP contribution is -2.59. The number of benzene rings is 1. The molecule has 6 rings (SSSR count). The Bertz CT molecular complexity index is 2030. The number of nitrogens with one attached hydrogen (secondary N) is 3. The molecular formula is C40H54FN5O10S. The van der Waals surface area contributed by atoms with Gasteiger partial charge in [0.25, 0.3) is 5.91 Å². The summed E-state index contributed by atoms with van der Waals surface area (Å²) in [6.07, 6.45) is 4.20. The first kappa shape index (κ1) is 41.9. The fourth-order valence-electron chi connectivity index (χ4n) is 7.85. The van der Waals surface area contributed by atoms with Gasteiger partial charge in [0.2, 0.25) is 33.6 Å². The Kier molecular flexibility index (Phi) is 11.7. The van der Waals surface area contributed by atoms with E-state index in [2.05, 4.69) is 20.3 Å². The number of sulfonamides is 1. The van der Waals surface area contributed by atoms with E-state index in [4.69, 9.17) is 18.9 Å². The van der Waals surface area contributed by atoms with Gasteiger partial charge in [-0.15, -0.1) is 0 Å². The summed E-state index contributed by atoms with van der Waals surface area (Å²) in [4.78, 5) is 62.4. The van der Waals surface area contributed by atoms with E-state index in [-0.39, 0.29) is 49.9 Å². The van der Waals surface area contributed by atoms with Crippen LogP contribution in [0.3, 0.4) is 0 Å². The maximum atomic E-state index is 14.8. The summed E-state index contributed by atoms with van der Waals surface area (Å²) in [6.45, 7) is 7.81. The van der Waals surface area contributed by atoms with Crippen molar-refractivity contribution in [2.75, 3.05) is 27.4 Å². The predicted octanol–water partition coefficient (Wildman–Crippen LogP) is 4.33. The van der Waals surface area contributed by atoms with Gasteiger partial charge >= 0.3 is 6.09 Å². The predicted molar refractivity (Wildman–Crippen MR) is 208 cm³/mol. The molecule has 2 aliphatic heterocycles. The second-order valence-corrected chi connectivity index (χ2v) is 19.1. The Balaban J connectivity index is 1.37. The summed E-state index contributed by atoms with van der Waals surface area (Å²) < 4.78 is 63.6. The number of hydrogen-bond acceptors (Lipinski definition) is 11. The van der Waals surface area contributed by atoms with Crippen molar-refractivity contribution >= 4 is 44.6 Å². The molecule has 3 heterocycles. The van der Waals surface area contributed by atoms with Crippen LogP contribution in [0.4, 0.5) is 9.18 Å². The van der Waals surface area contributed by atoms with E-state index >= 15 is 0 Å². The van der Waals surface area contributed by atoms with Crippen molar-refractivity contribution in [1.82, 2.24) is 25.2 Å². The number of alkyl halides is 1. The number of aromatic nitrogens is 1. The third-order valence-corrected chi connectivity index (χ3v) is 13.5. The summed E-state index contributed by atoms with van der Waals surface area (Å²) in [6, 6.07) is 4.71. The molecule has 1 saturated heterocycles. The molecule has 4 amide bonds. The normalized spacial score (nSPS) is 28.8. The largest absolute Gasteiger partial charge is 0.497 e. The van der Waals surface area contributed by atoms with Gasteiger partial charge in [-0.3, -0.25) is 19.1 Å². The van der Waals surface area contributed by atoms with Crippen LogP contribution in [-0.4, -0.2) is 104 Å². The lowest BCUT2D eigenvalue weighted by molar-refractivity contribution is -0.142. The molecule has 2 aromatic rings. The van der Waals surface area contributed by atoms with E-state index in [1.54, 1.807) is 58.2 Å². The van der Waals surface area contributed by atoms with Crippen LogP contribution in [0.5, 0.6) is 17.5 Å². The average molecular weight is 816 g/mol. The molecule has 4 aliphatic rings. The molecule has 2 aliphatic carbocycles. The van der Waals surface area contributed by atoms with Crippen LogP contribution < -0.4 is 29.6 Å². The van der Waals surface area contributed by atoms with Gasteiger partial charge in [0.05, 0.1) is 20.8 Å². The third-order valence-electron chi connectivity index (χ3n) is 11.4. The molecule has 3 fully saturated rings. The zero-order chi connectivity index (χ0) is 41.5. The Morgan fingerprint density at radius 3 is 2.47 bits per heavy atom. The number of pyridine rings is 1. The Labute approximate surface area is 332 Å². The topological polar surface area (TPSA) is 192 Å². The zero-order valence-electron chi connectivity index (χ0n) is 33.6.